The van der Waals surface area contributed by atoms with Crippen molar-refractivity contribution in [2.75, 3.05) is 6.61 Å². The zero-order valence-electron chi connectivity index (χ0n) is 44.8. The number of amides is 1. The molecule has 1 amide bonds. The van der Waals surface area contributed by atoms with Gasteiger partial charge in [-0.2, -0.15) is 0 Å². The molecule has 0 saturated heterocycles. The van der Waals surface area contributed by atoms with E-state index in [1.165, 1.54) is 173 Å². The monoisotopic (exact) mass is 940 g/mol. The second-order valence-corrected chi connectivity index (χ2v) is 20.1. The number of carbonyl (C=O) groups is 2. The summed E-state index contributed by atoms with van der Waals surface area (Å²) < 4.78 is 5.95. The Morgan fingerprint density at radius 3 is 1.25 bits per heavy atom. The van der Waals surface area contributed by atoms with Crippen molar-refractivity contribution in [2.24, 2.45) is 0 Å². The average molecular weight is 941 g/mol. The van der Waals surface area contributed by atoms with Crippen molar-refractivity contribution >= 4 is 11.9 Å². The summed E-state index contributed by atoms with van der Waals surface area (Å²) >= 11 is 0. The number of allylic oxidation sites excluding steroid dienone is 8. The van der Waals surface area contributed by atoms with Crippen LogP contribution in [0.2, 0.25) is 0 Å². The Balaban J connectivity index is 4.51. The molecule has 0 aliphatic heterocycles. The second-order valence-electron chi connectivity index (χ2n) is 20.1. The topological polar surface area (TPSA) is 95.9 Å². The van der Waals surface area contributed by atoms with Gasteiger partial charge in [-0.3, -0.25) is 9.59 Å². The lowest BCUT2D eigenvalue weighted by atomic mass is 10.0. The van der Waals surface area contributed by atoms with Gasteiger partial charge in [0.1, 0.15) is 6.10 Å². The van der Waals surface area contributed by atoms with Crippen LogP contribution in [0.3, 0.4) is 0 Å². The van der Waals surface area contributed by atoms with Crippen LogP contribution in [0.25, 0.3) is 0 Å². The smallest absolute Gasteiger partial charge is 0.306 e. The van der Waals surface area contributed by atoms with E-state index in [-0.39, 0.29) is 24.9 Å². The first kappa shape index (κ1) is 64.8. The fourth-order valence-corrected chi connectivity index (χ4v) is 8.92. The predicted octanol–water partition coefficient (Wildman–Crippen LogP) is 18.2. The Labute approximate surface area is 416 Å². The van der Waals surface area contributed by atoms with Gasteiger partial charge in [0.25, 0.3) is 0 Å². The van der Waals surface area contributed by atoms with Crippen LogP contribution in [0, 0.1) is 0 Å². The fourth-order valence-electron chi connectivity index (χ4n) is 8.92. The van der Waals surface area contributed by atoms with E-state index in [4.69, 9.17) is 4.74 Å². The Morgan fingerprint density at radius 2 is 0.806 bits per heavy atom. The lowest BCUT2D eigenvalue weighted by Crippen LogP contribution is -2.46. The summed E-state index contributed by atoms with van der Waals surface area (Å²) in [6, 6.07) is -0.709. The molecular formula is C61H113NO5. The van der Waals surface area contributed by atoms with Crippen molar-refractivity contribution < 1.29 is 24.5 Å². The van der Waals surface area contributed by atoms with E-state index in [1.54, 1.807) is 0 Å². The molecule has 67 heavy (non-hydrogen) atoms. The molecule has 0 aromatic rings. The first-order valence-corrected chi connectivity index (χ1v) is 29.4. The van der Waals surface area contributed by atoms with Crippen LogP contribution in [0.4, 0.5) is 0 Å². The van der Waals surface area contributed by atoms with Gasteiger partial charge in [0, 0.05) is 6.42 Å². The molecule has 0 radical (unpaired) electrons. The number of aliphatic hydroxyl groups is 2. The minimum absolute atomic E-state index is 0.0637. The molecule has 0 spiro atoms. The predicted molar refractivity (Wildman–Crippen MR) is 292 cm³/mol. The fraction of sp³-hybridized carbons (Fsp3) is 0.836. The van der Waals surface area contributed by atoms with E-state index < -0.39 is 18.2 Å². The van der Waals surface area contributed by atoms with Crippen molar-refractivity contribution in [1.82, 2.24) is 5.32 Å². The van der Waals surface area contributed by atoms with E-state index in [1.807, 2.05) is 0 Å². The minimum atomic E-state index is -0.794. The maximum absolute atomic E-state index is 13.3. The molecule has 3 unspecified atom stereocenters. The van der Waals surface area contributed by atoms with E-state index >= 15 is 0 Å². The number of nitrogens with one attached hydrogen (secondary N) is 1. The van der Waals surface area contributed by atoms with Crippen LogP contribution >= 0.6 is 0 Å². The highest BCUT2D eigenvalue weighted by Gasteiger charge is 2.24. The van der Waals surface area contributed by atoms with Gasteiger partial charge >= 0.3 is 5.97 Å². The third-order valence-corrected chi connectivity index (χ3v) is 13.4. The quantitative estimate of drug-likeness (QED) is 0.0244. The number of ether oxygens (including phenoxy) is 1. The van der Waals surface area contributed by atoms with Gasteiger partial charge < -0.3 is 20.3 Å². The molecular weight excluding hydrogens is 827 g/mol. The van der Waals surface area contributed by atoms with Crippen LogP contribution < -0.4 is 5.32 Å². The summed E-state index contributed by atoms with van der Waals surface area (Å²) in [4.78, 5) is 26.3. The lowest BCUT2D eigenvalue weighted by Gasteiger charge is -2.24. The Kier molecular flexibility index (Phi) is 53.0. The Bertz CT molecular complexity index is 1150. The highest BCUT2D eigenvalue weighted by molar-refractivity contribution is 5.77. The van der Waals surface area contributed by atoms with Gasteiger partial charge in [-0.15, -0.1) is 0 Å². The molecule has 0 aliphatic carbocycles. The van der Waals surface area contributed by atoms with Crippen molar-refractivity contribution in [3.63, 3.8) is 0 Å². The van der Waals surface area contributed by atoms with Crippen molar-refractivity contribution in [3.8, 4) is 0 Å². The number of aliphatic hydroxyl groups excluding tert-OH is 2. The molecule has 0 rings (SSSR count). The molecule has 0 aromatic heterocycles. The summed E-state index contributed by atoms with van der Waals surface area (Å²) in [7, 11) is 0. The van der Waals surface area contributed by atoms with Gasteiger partial charge in [-0.05, 0) is 83.5 Å². The van der Waals surface area contributed by atoms with Crippen LogP contribution in [-0.2, 0) is 14.3 Å². The molecule has 3 N–H and O–H groups in total. The third kappa shape index (κ3) is 50.0. The Morgan fingerprint density at radius 1 is 0.448 bits per heavy atom. The number of unbranched alkanes of at least 4 members (excludes halogenated alkanes) is 34. The Hall–Kier alpha value is -2.18. The van der Waals surface area contributed by atoms with Crippen LogP contribution in [0.15, 0.2) is 48.6 Å². The molecule has 0 fully saturated rings. The van der Waals surface area contributed by atoms with E-state index in [0.717, 1.165) is 83.5 Å². The summed E-state index contributed by atoms with van der Waals surface area (Å²) in [6.45, 7) is 6.45. The second kappa shape index (κ2) is 54.8. The van der Waals surface area contributed by atoms with Crippen molar-refractivity contribution in [3.05, 3.63) is 48.6 Å². The van der Waals surface area contributed by atoms with E-state index in [0.29, 0.717) is 19.3 Å². The van der Waals surface area contributed by atoms with Gasteiger partial charge in [0.15, 0.2) is 0 Å². The van der Waals surface area contributed by atoms with Crippen molar-refractivity contribution in [1.29, 1.82) is 0 Å². The summed E-state index contributed by atoms with van der Waals surface area (Å²) in [5.41, 5.74) is 0. The molecule has 0 saturated carbocycles. The number of hydrogen-bond acceptors (Lipinski definition) is 5. The lowest BCUT2D eigenvalue weighted by molar-refractivity contribution is -0.151. The zero-order valence-corrected chi connectivity index (χ0v) is 44.8. The van der Waals surface area contributed by atoms with Crippen LogP contribution in [0.5, 0.6) is 0 Å². The van der Waals surface area contributed by atoms with Crippen LogP contribution in [-0.4, -0.2) is 46.9 Å². The van der Waals surface area contributed by atoms with E-state index in [2.05, 4.69) is 74.7 Å². The molecule has 0 bridgehead atoms. The third-order valence-electron chi connectivity index (χ3n) is 13.4. The first-order chi connectivity index (χ1) is 33.0. The molecule has 0 aliphatic rings. The number of hydrogen-bond donors (Lipinski definition) is 3. The molecule has 6 nitrogen and oxygen atoms in total. The van der Waals surface area contributed by atoms with Gasteiger partial charge in [-0.1, -0.05) is 256 Å². The van der Waals surface area contributed by atoms with E-state index in [9.17, 15) is 19.8 Å². The molecule has 392 valence electrons. The first-order valence-electron chi connectivity index (χ1n) is 29.4. The van der Waals surface area contributed by atoms with Gasteiger partial charge in [0.05, 0.1) is 25.2 Å². The number of carbonyl (C=O) groups excluding carboxylic acids is 2. The van der Waals surface area contributed by atoms with Gasteiger partial charge in [-0.25, -0.2) is 0 Å². The number of esters is 1. The highest BCUT2D eigenvalue weighted by atomic mass is 16.5. The highest BCUT2D eigenvalue weighted by Crippen LogP contribution is 2.18. The normalized spacial score (nSPS) is 13.4. The summed E-state index contributed by atoms with van der Waals surface area (Å²) in [5, 5.41) is 23.9. The average Bonchev–Trinajstić information content (AvgIpc) is 3.32. The largest absolute Gasteiger partial charge is 0.462 e. The molecule has 6 heteroatoms. The molecule has 0 heterocycles. The SMILES string of the molecule is CCCCC/C=C\C/C=C\CCCCCCCCCCCC(=O)OC(CCCCCC/C=C/C=C/CCCCC)CC(=O)NC(CO)C(O)CCCCCCCCCCCCCCCCCC. The van der Waals surface area contributed by atoms with Crippen LogP contribution in [0.1, 0.15) is 303 Å². The maximum Gasteiger partial charge on any atom is 0.306 e. The maximum atomic E-state index is 13.3. The molecule has 3 atom stereocenters. The zero-order chi connectivity index (χ0) is 48.8. The summed E-state index contributed by atoms with van der Waals surface area (Å²) in [6.07, 6.45) is 67.5. The summed E-state index contributed by atoms with van der Waals surface area (Å²) in [5.74, 6) is -0.488. The van der Waals surface area contributed by atoms with Gasteiger partial charge in [0.2, 0.25) is 5.91 Å². The standard InChI is InChI=1S/C61H113NO5/c1-4-7-10-13-16-19-22-25-27-29-30-31-33-36-39-42-45-48-51-54-61(66)67-57(52-49-46-43-40-37-34-24-21-18-15-12-9-6-3)55-60(65)62-58(56-63)59(64)53-50-47-44-41-38-35-32-28-26-23-20-17-14-11-8-5-2/h16,18-19,21,24-25,27,34,57-59,63-64H,4-15,17,20,22-23,26,28-33,35-56H2,1-3H3,(H,62,65)/b19-16-,21-18+,27-25-,34-24+. The minimum Gasteiger partial charge on any atom is -0.462 e. The molecule has 0 aromatic carbocycles. The van der Waals surface area contributed by atoms with Crippen molar-refractivity contribution in [2.45, 2.75) is 322 Å². The number of rotatable bonds is 53.